The molecule has 1 amide bonds. The number of nitrogens with zero attached hydrogens (tertiary/aromatic N) is 2. The van der Waals surface area contributed by atoms with Gasteiger partial charge < -0.3 is 4.90 Å². The van der Waals surface area contributed by atoms with Gasteiger partial charge in [0.25, 0.3) is 5.91 Å². The minimum Gasteiger partial charge on any atom is -0.336 e. The molecule has 2 heterocycles. The first-order valence-corrected chi connectivity index (χ1v) is 7.33. The summed E-state index contributed by atoms with van der Waals surface area (Å²) in [6.07, 6.45) is 2.70. The van der Waals surface area contributed by atoms with Crippen LogP contribution in [0.2, 0.25) is 0 Å². The normalized spacial score (nSPS) is 24.8. The van der Waals surface area contributed by atoms with Gasteiger partial charge in [-0.05, 0) is 40.4 Å². The molecule has 0 aromatic carbocycles. The molecule has 92 valence electrons. The largest absolute Gasteiger partial charge is 0.336 e. The highest BCUT2D eigenvalue weighted by Crippen LogP contribution is 2.24. The first-order valence-electron chi connectivity index (χ1n) is 5.63. The summed E-state index contributed by atoms with van der Waals surface area (Å²) in [5.41, 5.74) is 0.516. The van der Waals surface area contributed by atoms with Crippen molar-refractivity contribution in [2.75, 3.05) is 13.1 Å². The first kappa shape index (κ1) is 13.0. The van der Waals surface area contributed by atoms with Gasteiger partial charge in [0.15, 0.2) is 0 Å². The number of aromatic nitrogens is 1. The highest BCUT2D eigenvalue weighted by atomic mass is 79.9. The summed E-state index contributed by atoms with van der Waals surface area (Å²) < 4.78 is 0.889. The number of pyridine rings is 1. The quantitative estimate of drug-likeness (QED) is 0.720. The number of hydrogen-bond donors (Lipinski definition) is 0. The van der Waals surface area contributed by atoms with Gasteiger partial charge in [0.05, 0.1) is 0 Å². The van der Waals surface area contributed by atoms with Gasteiger partial charge in [-0.2, -0.15) is 0 Å². The lowest BCUT2D eigenvalue weighted by molar-refractivity contribution is 0.0700. The lowest BCUT2D eigenvalue weighted by atomic mass is 9.99. The van der Waals surface area contributed by atoms with Crippen LogP contribution in [0.5, 0.6) is 0 Å². The zero-order chi connectivity index (χ0) is 12.4. The molecular formula is C12H14Br2N2O. The third-order valence-electron chi connectivity index (χ3n) is 3.10. The summed E-state index contributed by atoms with van der Waals surface area (Å²) in [4.78, 5) is 18.6. The molecule has 0 spiro atoms. The second-order valence-corrected chi connectivity index (χ2v) is 6.49. The van der Waals surface area contributed by atoms with Crippen molar-refractivity contribution in [3.63, 3.8) is 0 Å². The molecule has 1 aliphatic heterocycles. The lowest BCUT2D eigenvalue weighted by Gasteiger charge is -2.34. The summed E-state index contributed by atoms with van der Waals surface area (Å²) in [6, 6.07) is 3.60. The molecule has 3 nitrogen and oxygen atoms in total. The van der Waals surface area contributed by atoms with E-state index in [1.54, 1.807) is 12.3 Å². The van der Waals surface area contributed by atoms with Crippen LogP contribution in [-0.4, -0.2) is 33.7 Å². The Morgan fingerprint density at radius 3 is 2.88 bits per heavy atom. The van der Waals surface area contributed by atoms with Gasteiger partial charge in [0.2, 0.25) is 0 Å². The molecule has 0 N–H and O–H groups in total. The third-order valence-corrected chi connectivity index (χ3v) is 4.76. The maximum Gasteiger partial charge on any atom is 0.272 e. The zero-order valence-electron chi connectivity index (χ0n) is 9.57. The molecule has 1 aromatic rings. The van der Waals surface area contributed by atoms with Crippen molar-refractivity contribution < 1.29 is 4.79 Å². The van der Waals surface area contributed by atoms with Crippen LogP contribution in [0, 0.1) is 5.92 Å². The Morgan fingerprint density at radius 2 is 2.29 bits per heavy atom. The highest BCUT2D eigenvalue weighted by molar-refractivity contribution is 9.10. The fourth-order valence-electron chi connectivity index (χ4n) is 1.87. The summed E-state index contributed by atoms with van der Waals surface area (Å²) in [5.74, 6) is 0.644. The molecule has 5 heteroatoms. The van der Waals surface area contributed by atoms with Crippen molar-refractivity contribution in [3.05, 3.63) is 28.5 Å². The van der Waals surface area contributed by atoms with Crippen molar-refractivity contribution in [1.29, 1.82) is 0 Å². The maximum absolute atomic E-state index is 12.2. The van der Waals surface area contributed by atoms with E-state index in [1.165, 1.54) is 0 Å². The Bertz CT molecular complexity index is 407. The minimum absolute atomic E-state index is 0.0221. The van der Waals surface area contributed by atoms with Crippen molar-refractivity contribution in [2.45, 2.75) is 18.2 Å². The standard InChI is InChI=1S/C12H14Br2N2O/c1-8-4-5-16(7-10(8)14)12(17)11-3-2-9(13)6-15-11/h2-3,6,8,10H,4-5,7H2,1H3. The van der Waals surface area contributed by atoms with E-state index in [-0.39, 0.29) is 5.91 Å². The van der Waals surface area contributed by atoms with E-state index in [4.69, 9.17) is 0 Å². The molecule has 17 heavy (non-hydrogen) atoms. The minimum atomic E-state index is 0.0221. The number of amides is 1. The van der Waals surface area contributed by atoms with E-state index >= 15 is 0 Å². The molecule has 1 saturated heterocycles. The fraction of sp³-hybridized carbons (Fsp3) is 0.500. The lowest BCUT2D eigenvalue weighted by Crippen LogP contribution is -2.43. The van der Waals surface area contributed by atoms with Crippen LogP contribution in [0.1, 0.15) is 23.8 Å². The van der Waals surface area contributed by atoms with Gasteiger partial charge in [0.1, 0.15) is 5.69 Å². The van der Waals surface area contributed by atoms with Gasteiger partial charge >= 0.3 is 0 Å². The van der Waals surface area contributed by atoms with Gasteiger partial charge in [-0.25, -0.2) is 4.98 Å². The first-order chi connectivity index (χ1) is 8.08. The summed E-state index contributed by atoms with van der Waals surface area (Å²) in [5, 5.41) is 0. The van der Waals surface area contributed by atoms with E-state index in [9.17, 15) is 4.79 Å². The van der Waals surface area contributed by atoms with Crippen molar-refractivity contribution in [3.8, 4) is 0 Å². The molecular weight excluding hydrogens is 348 g/mol. The molecule has 0 saturated carbocycles. The van der Waals surface area contributed by atoms with Gasteiger partial charge in [0, 0.05) is 28.6 Å². The van der Waals surface area contributed by atoms with E-state index in [1.807, 2.05) is 11.0 Å². The Balaban J connectivity index is 2.08. The fourth-order valence-corrected chi connectivity index (χ4v) is 2.72. The second kappa shape index (κ2) is 5.48. The van der Waals surface area contributed by atoms with Crippen LogP contribution >= 0.6 is 31.9 Å². The molecule has 1 aliphatic rings. The van der Waals surface area contributed by atoms with E-state index in [0.29, 0.717) is 16.4 Å². The monoisotopic (exact) mass is 360 g/mol. The number of rotatable bonds is 1. The smallest absolute Gasteiger partial charge is 0.272 e. The second-order valence-electron chi connectivity index (χ2n) is 4.39. The van der Waals surface area contributed by atoms with Crippen molar-refractivity contribution >= 4 is 37.8 Å². The summed E-state index contributed by atoms with van der Waals surface area (Å²) in [7, 11) is 0. The number of piperidine rings is 1. The molecule has 2 atom stereocenters. The molecule has 0 bridgehead atoms. The van der Waals surface area contributed by atoms with Crippen molar-refractivity contribution in [2.24, 2.45) is 5.92 Å². The summed E-state index contributed by atoms with van der Waals surface area (Å²) >= 11 is 6.94. The predicted octanol–water partition coefficient (Wildman–Crippen LogP) is 3.09. The third kappa shape index (κ3) is 3.07. The highest BCUT2D eigenvalue weighted by Gasteiger charge is 2.27. The van der Waals surface area contributed by atoms with E-state index in [0.717, 1.165) is 24.0 Å². The topological polar surface area (TPSA) is 33.2 Å². The number of alkyl halides is 1. The molecule has 2 unspecified atom stereocenters. The molecule has 0 radical (unpaired) electrons. The zero-order valence-corrected chi connectivity index (χ0v) is 12.7. The van der Waals surface area contributed by atoms with E-state index in [2.05, 4.69) is 43.8 Å². The van der Waals surface area contributed by atoms with Crippen LogP contribution in [0.15, 0.2) is 22.8 Å². The molecule has 1 fully saturated rings. The van der Waals surface area contributed by atoms with Crippen LogP contribution in [0.4, 0.5) is 0 Å². The van der Waals surface area contributed by atoms with E-state index < -0.39 is 0 Å². The Labute approximate surface area is 118 Å². The van der Waals surface area contributed by atoms with Crippen LogP contribution in [0.3, 0.4) is 0 Å². The Kier molecular flexibility index (Phi) is 4.20. The average molecular weight is 362 g/mol. The van der Waals surface area contributed by atoms with Gasteiger partial charge in [-0.15, -0.1) is 0 Å². The number of carbonyl (C=O) groups excluding carboxylic acids is 1. The predicted molar refractivity (Wildman–Crippen MR) is 74.3 cm³/mol. The number of halogens is 2. The Hall–Kier alpha value is -0.420. The molecule has 1 aromatic heterocycles. The molecule has 2 rings (SSSR count). The number of hydrogen-bond acceptors (Lipinski definition) is 2. The number of carbonyl (C=O) groups is 1. The van der Waals surface area contributed by atoms with Crippen molar-refractivity contribution in [1.82, 2.24) is 9.88 Å². The average Bonchev–Trinajstić information content (AvgIpc) is 2.33. The maximum atomic E-state index is 12.2. The van der Waals surface area contributed by atoms with Crippen LogP contribution in [0.25, 0.3) is 0 Å². The van der Waals surface area contributed by atoms with Gasteiger partial charge in [-0.1, -0.05) is 22.9 Å². The summed E-state index contributed by atoms with van der Waals surface area (Å²) in [6.45, 7) is 3.79. The molecule has 0 aliphatic carbocycles. The van der Waals surface area contributed by atoms with Gasteiger partial charge in [-0.3, -0.25) is 4.79 Å². The van der Waals surface area contributed by atoms with Crippen LogP contribution < -0.4 is 0 Å². The van der Waals surface area contributed by atoms with Crippen LogP contribution in [-0.2, 0) is 0 Å². The SMILES string of the molecule is CC1CCN(C(=O)c2ccc(Br)cn2)CC1Br. The Morgan fingerprint density at radius 1 is 1.53 bits per heavy atom. The number of likely N-dealkylation sites (tertiary alicyclic amines) is 1.